The van der Waals surface area contributed by atoms with Gasteiger partial charge in [-0.1, -0.05) is 30.3 Å². The second-order valence-corrected chi connectivity index (χ2v) is 18.8. The van der Waals surface area contributed by atoms with Crippen LogP contribution < -0.4 is 16.0 Å². The molecular formula is C38H55N3O31S2. The van der Waals surface area contributed by atoms with Crippen molar-refractivity contribution in [2.75, 3.05) is 26.4 Å². The summed E-state index contributed by atoms with van der Waals surface area (Å²) in [6.07, 6.45) is -41.8. The predicted octanol–water partition coefficient (Wildman–Crippen LogP) is -7.67. The van der Waals surface area contributed by atoms with Crippen LogP contribution in [0.2, 0.25) is 0 Å². The first kappa shape index (κ1) is 60.4. The predicted molar refractivity (Wildman–Crippen MR) is 227 cm³/mol. The van der Waals surface area contributed by atoms with Crippen molar-refractivity contribution < 1.29 is 147 Å². The maximum Gasteiger partial charge on any atom is 0.407 e. The molecule has 5 rings (SSSR count). The number of carbonyl (C=O) groups excluding carboxylic acids is 3. The summed E-state index contributed by atoms with van der Waals surface area (Å²) in [7, 11) is -10.6. The maximum atomic E-state index is 12.9. The summed E-state index contributed by atoms with van der Waals surface area (Å²) in [6.45, 7) is -1.63. The topological polar surface area (TPSA) is 514 Å². The fourth-order valence-electron chi connectivity index (χ4n) is 7.81. The van der Waals surface area contributed by atoms with Crippen LogP contribution in [0.25, 0.3) is 0 Å². The van der Waals surface area contributed by atoms with Gasteiger partial charge in [0.2, 0.25) is 11.8 Å². The molecule has 0 bridgehead atoms. The number of nitrogens with one attached hydrogen (secondary N) is 3. The van der Waals surface area contributed by atoms with E-state index < -0.39 is 193 Å². The molecule has 1 aromatic rings. The lowest BCUT2D eigenvalue weighted by Gasteiger charge is -2.50. The monoisotopic (exact) mass is 1110 g/mol. The summed E-state index contributed by atoms with van der Waals surface area (Å²) in [6, 6.07) is 4.75. The minimum atomic E-state index is -5.35. The Bertz CT molecular complexity index is 2300. The molecule has 4 fully saturated rings. The Hall–Kier alpha value is -4.49. The zero-order valence-corrected chi connectivity index (χ0v) is 40.0. The number of benzene rings is 1. The van der Waals surface area contributed by atoms with E-state index in [-0.39, 0.29) is 13.2 Å². The number of rotatable bonds is 22. The zero-order valence-electron chi connectivity index (χ0n) is 38.4. The van der Waals surface area contributed by atoms with E-state index in [1.165, 1.54) is 0 Å². The third-order valence-electron chi connectivity index (χ3n) is 11.2. The number of aliphatic hydroxyl groups is 7. The molecule has 4 aliphatic rings. The van der Waals surface area contributed by atoms with Crippen LogP contribution in [0.3, 0.4) is 0 Å². The normalized spacial score (nSPS) is 36.7. The fraction of sp³-hybridized carbons (Fsp3) is 0.711. The molecule has 420 valence electrons. The molecule has 0 radical (unpaired) electrons. The van der Waals surface area contributed by atoms with E-state index in [1.807, 2.05) is 0 Å². The first-order valence-corrected chi connectivity index (χ1v) is 24.4. The fourth-order valence-corrected chi connectivity index (χ4v) is 8.42. The summed E-state index contributed by atoms with van der Waals surface area (Å²) in [4.78, 5) is 62.2. The van der Waals surface area contributed by atoms with Crippen molar-refractivity contribution in [3.05, 3.63) is 35.9 Å². The van der Waals surface area contributed by atoms with Gasteiger partial charge in [-0.2, -0.15) is 16.8 Å². The highest BCUT2D eigenvalue weighted by molar-refractivity contribution is 7.81. The van der Waals surface area contributed by atoms with Crippen molar-refractivity contribution in [2.24, 2.45) is 0 Å². The molecule has 4 saturated heterocycles. The number of alkyl carbamates (subject to hydrolysis) is 1. The molecule has 20 atom stereocenters. The molecule has 0 saturated carbocycles. The molecular weight excluding hydrogens is 1060 g/mol. The van der Waals surface area contributed by atoms with Gasteiger partial charge in [-0.05, 0) is 5.56 Å². The van der Waals surface area contributed by atoms with Crippen LogP contribution in [-0.2, 0) is 97.6 Å². The SMILES string of the molecule is CC(=O)N[C@H]1[C@H](O[C@H]2[C@H](O)[C@@H](O)[C@H](O[C@H]3[C@@H](O)[C@@H](COS(=O)(=O)O)O[C@@H](OCCNC(=O)OCc4ccccc4)[C@@H]3NC(C)=O)O[C@@H]2C(=O)O)O[C@H](COS(=O)(=O)O)[C@H](O)[C@@H]1O[C@@H]1O[C@H](C(=O)O)[C@@H](O)[C@H](O)[C@H]1O. The summed E-state index contributed by atoms with van der Waals surface area (Å²) < 4.78 is 123. The van der Waals surface area contributed by atoms with E-state index in [2.05, 4.69) is 24.3 Å². The first-order valence-electron chi connectivity index (χ1n) is 21.7. The number of carbonyl (C=O) groups is 5. The van der Waals surface area contributed by atoms with Crippen molar-refractivity contribution in [1.29, 1.82) is 0 Å². The maximum absolute atomic E-state index is 12.9. The minimum Gasteiger partial charge on any atom is -0.479 e. The van der Waals surface area contributed by atoms with Crippen LogP contribution >= 0.6 is 0 Å². The first-order chi connectivity index (χ1) is 34.6. The highest BCUT2D eigenvalue weighted by atomic mass is 32.3. The van der Waals surface area contributed by atoms with Gasteiger partial charge >= 0.3 is 38.8 Å². The number of carboxylic acid groups (broad SMARTS) is 2. The number of ether oxygens (including phenoxy) is 9. The van der Waals surface area contributed by atoms with Crippen LogP contribution in [0.15, 0.2) is 30.3 Å². The lowest BCUT2D eigenvalue weighted by atomic mass is 9.94. The average molecular weight is 1110 g/mol. The molecule has 0 spiro atoms. The van der Waals surface area contributed by atoms with E-state index in [1.54, 1.807) is 30.3 Å². The minimum absolute atomic E-state index is 0.115. The van der Waals surface area contributed by atoms with E-state index in [4.69, 9.17) is 42.6 Å². The highest BCUT2D eigenvalue weighted by Crippen LogP contribution is 2.35. The van der Waals surface area contributed by atoms with Gasteiger partial charge in [0.25, 0.3) is 0 Å². The van der Waals surface area contributed by atoms with Crippen molar-refractivity contribution in [3.63, 3.8) is 0 Å². The Morgan fingerprint density at radius 2 is 1.03 bits per heavy atom. The largest absolute Gasteiger partial charge is 0.479 e. The smallest absolute Gasteiger partial charge is 0.407 e. The van der Waals surface area contributed by atoms with Crippen LogP contribution in [0.5, 0.6) is 0 Å². The number of aliphatic hydroxyl groups excluding tert-OH is 7. The van der Waals surface area contributed by atoms with E-state index in [0.717, 1.165) is 13.8 Å². The number of amides is 3. The Kier molecular flexibility index (Phi) is 21.2. The zero-order chi connectivity index (χ0) is 55.0. The van der Waals surface area contributed by atoms with Crippen LogP contribution in [0, 0.1) is 0 Å². The molecule has 34 nitrogen and oxygen atoms in total. The quantitative estimate of drug-likeness (QED) is 0.0379. The van der Waals surface area contributed by atoms with Crippen molar-refractivity contribution in [1.82, 2.24) is 16.0 Å². The number of hydrogen-bond donors (Lipinski definition) is 14. The van der Waals surface area contributed by atoms with E-state index in [9.17, 15) is 95.9 Å². The highest BCUT2D eigenvalue weighted by Gasteiger charge is 2.58. The van der Waals surface area contributed by atoms with Crippen molar-refractivity contribution in [2.45, 2.75) is 143 Å². The van der Waals surface area contributed by atoms with Gasteiger partial charge in [-0.3, -0.25) is 18.7 Å². The van der Waals surface area contributed by atoms with Gasteiger partial charge in [0.1, 0.15) is 91.9 Å². The van der Waals surface area contributed by atoms with Gasteiger partial charge < -0.3 is 105 Å². The Labute approximate surface area is 418 Å². The molecule has 36 heteroatoms. The van der Waals surface area contributed by atoms with E-state index >= 15 is 0 Å². The molecule has 4 aliphatic heterocycles. The van der Waals surface area contributed by atoms with E-state index in [0.29, 0.717) is 5.56 Å². The molecule has 14 N–H and O–H groups in total. The summed E-state index contributed by atoms with van der Waals surface area (Å²) >= 11 is 0. The third-order valence-corrected chi connectivity index (χ3v) is 12.1. The van der Waals surface area contributed by atoms with Gasteiger partial charge in [0, 0.05) is 20.4 Å². The second kappa shape index (κ2) is 26.0. The van der Waals surface area contributed by atoms with Gasteiger partial charge in [-0.25, -0.2) is 22.7 Å². The third kappa shape index (κ3) is 16.3. The number of aliphatic carboxylic acids is 2. The van der Waals surface area contributed by atoms with Crippen LogP contribution in [-0.4, -0.2) is 251 Å². The molecule has 4 heterocycles. The molecule has 74 heavy (non-hydrogen) atoms. The van der Waals surface area contributed by atoms with Crippen molar-refractivity contribution >= 4 is 50.6 Å². The Morgan fingerprint density at radius 1 is 0.568 bits per heavy atom. The van der Waals surface area contributed by atoms with Crippen molar-refractivity contribution in [3.8, 4) is 0 Å². The molecule has 0 unspecified atom stereocenters. The molecule has 3 amide bonds. The Balaban J connectivity index is 1.41. The van der Waals surface area contributed by atoms with Gasteiger partial charge in [0.15, 0.2) is 37.4 Å². The molecule has 0 aliphatic carbocycles. The summed E-state index contributed by atoms with van der Waals surface area (Å²) in [5.74, 6) is -5.83. The second-order valence-electron chi connectivity index (χ2n) is 16.6. The number of hydrogen-bond acceptors (Lipinski definition) is 27. The average Bonchev–Trinajstić information content (AvgIpc) is 3.31. The molecule has 1 aromatic carbocycles. The van der Waals surface area contributed by atoms with Crippen LogP contribution in [0.1, 0.15) is 19.4 Å². The van der Waals surface area contributed by atoms with Gasteiger partial charge in [-0.15, -0.1) is 0 Å². The standard InChI is InChI=1S/C38H55N3O31S2/c1-13(42)40-18-27(20(44)16(11-64-73(56,57)58)66-34(18)62-9-8-39-38(55)63-10-15-6-4-3-5-7-15)68-37-26(50)24(48)29(31(72-37)33(53)54)70-35-19(41-14(2)43)28(21(45)17(67-35)12-65-74(59,60)61)69-36-25(49)22(46)23(47)30(71-36)32(51)52/h3-7,16-31,34-37,44-50H,8-12H2,1-2H3,(H,39,55)(H,40,42)(H,41,43)(H,51,52)(H,53,54)(H,56,57,58)(H,59,60,61)/t16-,17-,18-,19-,20+,21+,22+,23+,24-,25-,26-,27-,28-,29+,30+,31+,34-,35+,36-,37-/m1/s1. The summed E-state index contributed by atoms with van der Waals surface area (Å²) in [5.41, 5.74) is 0.653. The number of carboxylic acids is 2. The van der Waals surface area contributed by atoms with Gasteiger partial charge in [0.05, 0.1) is 19.8 Å². The molecule has 0 aromatic heterocycles. The lowest BCUT2D eigenvalue weighted by Crippen LogP contribution is -2.71. The Morgan fingerprint density at radius 3 is 1.51 bits per heavy atom. The summed E-state index contributed by atoms with van der Waals surface area (Å²) in [5, 5.41) is 104. The lowest BCUT2D eigenvalue weighted by molar-refractivity contribution is -0.369. The van der Waals surface area contributed by atoms with Crippen LogP contribution in [0.4, 0.5) is 4.79 Å².